The van der Waals surface area contributed by atoms with Crippen molar-refractivity contribution in [2.45, 2.75) is 174 Å². The molecule has 0 rings (SSSR count). The third-order valence-corrected chi connectivity index (χ3v) is 7.25. The van der Waals surface area contributed by atoms with Crippen LogP contribution in [0.1, 0.15) is 168 Å². The standard InChI is InChI=1S/C35H64O5/c1-3-5-7-9-11-13-14-15-16-17-18-19-20-22-24-26-28-30-35(38)40-33(31-36)32-39-34(37)29-27-25-23-21-12-10-8-6-4-2/h11,13,15-16,33,36H,3-10,12,14,17-32H2,1-2H3/b13-11-,16-15-. The number of unbranched alkanes of at least 4 members (excludes halogenated alkanes) is 18. The van der Waals surface area contributed by atoms with Crippen LogP contribution in [0.15, 0.2) is 24.3 Å². The minimum atomic E-state index is -0.768. The third-order valence-electron chi connectivity index (χ3n) is 7.25. The molecule has 0 saturated carbocycles. The van der Waals surface area contributed by atoms with Gasteiger partial charge in [-0.3, -0.25) is 9.59 Å². The molecule has 0 amide bonds. The largest absolute Gasteiger partial charge is 0.462 e. The lowest BCUT2D eigenvalue weighted by molar-refractivity contribution is -0.161. The second kappa shape index (κ2) is 31.9. The molecule has 0 aliphatic rings. The van der Waals surface area contributed by atoms with Gasteiger partial charge in [0.2, 0.25) is 0 Å². The molecule has 0 fully saturated rings. The summed E-state index contributed by atoms with van der Waals surface area (Å²) < 4.78 is 10.5. The zero-order chi connectivity index (χ0) is 29.4. The van der Waals surface area contributed by atoms with Crippen LogP contribution in [-0.4, -0.2) is 36.4 Å². The summed E-state index contributed by atoms with van der Waals surface area (Å²) in [4.78, 5) is 24.0. The van der Waals surface area contributed by atoms with Crippen LogP contribution < -0.4 is 0 Å². The summed E-state index contributed by atoms with van der Waals surface area (Å²) in [5.41, 5.74) is 0. The smallest absolute Gasteiger partial charge is 0.306 e. The fourth-order valence-electron chi connectivity index (χ4n) is 4.64. The number of hydrogen-bond donors (Lipinski definition) is 1. The van der Waals surface area contributed by atoms with Crippen LogP contribution in [0.25, 0.3) is 0 Å². The van der Waals surface area contributed by atoms with Gasteiger partial charge in [0.05, 0.1) is 6.61 Å². The highest BCUT2D eigenvalue weighted by molar-refractivity contribution is 5.70. The highest BCUT2D eigenvalue weighted by Crippen LogP contribution is 2.12. The second-order valence-corrected chi connectivity index (χ2v) is 11.2. The zero-order valence-electron chi connectivity index (χ0n) is 26.4. The van der Waals surface area contributed by atoms with Gasteiger partial charge in [-0.25, -0.2) is 0 Å². The summed E-state index contributed by atoms with van der Waals surface area (Å²) in [6, 6.07) is 0. The van der Waals surface area contributed by atoms with Crippen LogP contribution in [0.5, 0.6) is 0 Å². The van der Waals surface area contributed by atoms with Crippen LogP contribution in [0.3, 0.4) is 0 Å². The molecule has 0 aliphatic carbocycles. The van der Waals surface area contributed by atoms with E-state index in [0.29, 0.717) is 12.8 Å². The molecule has 5 nitrogen and oxygen atoms in total. The first kappa shape index (κ1) is 38.4. The summed E-state index contributed by atoms with van der Waals surface area (Å²) >= 11 is 0. The molecule has 1 atom stereocenters. The Balaban J connectivity index is 3.58. The number of aliphatic hydroxyl groups is 1. The van der Waals surface area contributed by atoms with E-state index >= 15 is 0 Å². The van der Waals surface area contributed by atoms with Crippen LogP contribution in [-0.2, 0) is 19.1 Å². The van der Waals surface area contributed by atoms with E-state index in [2.05, 4.69) is 38.2 Å². The van der Waals surface area contributed by atoms with Gasteiger partial charge in [-0.15, -0.1) is 0 Å². The summed E-state index contributed by atoms with van der Waals surface area (Å²) in [5.74, 6) is -0.601. The van der Waals surface area contributed by atoms with Crippen LogP contribution in [0.4, 0.5) is 0 Å². The SMILES string of the molecule is CCCCC/C=C\C/C=C\CCCCCCCCCC(=O)OC(CO)COC(=O)CCCCCCCCCCC. The topological polar surface area (TPSA) is 72.8 Å². The lowest BCUT2D eigenvalue weighted by atomic mass is 10.1. The first-order chi connectivity index (χ1) is 19.6. The Morgan fingerprint density at radius 1 is 0.575 bits per heavy atom. The lowest BCUT2D eigenvalue weighted by Crippen LogP contribution is -2.28. The highest BCUT2D eigenvalue weighted by atomic mass is 16.6. The molecular formula is C35H64O5. The van der Waals surface area contributed by atoms with Gasteiger partial charge >= 0.3 is 11.9 Å². The Bertz CT molecular complexity index is 613. The first-order valence-electron chi connectivity index (χ1n) is 16.9. The van der Waals surface area contributed by atoms with Crippen LogP contribution in [0.2, 0.25) is 0 Å². The molecule has 0 saturated heterocycles. The van der Waals surface area contributed by atoms with E-state index in [1.165, 1.54) is 89.9 Å². The molecule has 5 heteroatoms. The zero-order valence-corrected chi connectivity index (χ0v) is 26.4. The van der Waals surface area contributed by atoms with Gasteiger partial charge in [-0.2, -0.15) is 0 Å². The van der Waals surface area contributed by atoms with Crippen molar-refractivity contribution in [1.29, 1.82) is 0 Å². The van der Waals surface area contributed by atoms with E-state index in [1.807, 2.05) is 0 Å². The Kier molecular flexibility index (Phi) is 30.6. The molecule has 0 heterocycles. The Morgan fingerprint density at radius 3 is 1.52 bits per heavy atom. The number of carbonyl (C=O) groups is 2. The fourth-order valence-corrected chi connectivity index (χ4v) is 4.64. The fraction of sp³-hybridized carbons (Fsp3) is 0.829. The lowest BCUT2D eigenvalue weighted by Gasteiger charge is -2.15. The number of aliphatic hydroxyl groups excluding tert-OH is 1. The number of rotatable bonds is 30. The van der Waals surface area contributed by atoms with E-state index in [4.69, 9.17) is 9.47 Å². The van der Waals surface area contributed by atoms with Gasteiger partial charge in [0.15, 0.2) is 6.10 Å². The van der Waals surface area contributed by atoms with Gasteiger partial charge in [-0.1, -0.05) is 134 Å². The number of ether oxygens (including phenoxy) is 2. The number of allylic oxidation sites excluding steroid dienone is 4. The van der Waals surface area contributed by atoms with E-state index < -0.39 is 6.10 Å². The predicted octanol–water partition coefficient (Wildman–Crippen LogP) is 9.95. The molecule has 1 unspecified atom stereocenters. The maximum Gasteiger partial charge on any atom is 0.306 e. The summed E-state index contributed by atoms with van der Waals surface area (Å²) in [5, 5.41) is 9.48. The molecule has 40 heavy (non-hydrogen) atoms. The van der Waals surface area contributed by atoms with Crippen molar-refractivity contribution in [1.82, 2.24) is 0 Å². The van der Waals surface area contributed by atoms with Crippen LogP contribution in [0, 0.1) is 0 Å². The highest BCUT2D eigenvalue weighted by Gasteiger charge is 2.16. The van der Waals surface area contributed by atoms with Crippen molar-refractivity contribution >= 4 is 11.9 Å². The monoisotopic (exact) mass is 564 g/mol. The Labute approximate surface area is 247 Å². The molecule has 234 valence electrons. The Morgan fingerprint density at radius 2 is 1.00 bits per heavy atom. The van der Waals surface area contributed by atoms with Crippen molar-refractivity contribution in [3.8, 4) is 0 Å². The molecular weight excluding hydrogens is 500 g/mol. The van der Waals surface area contributed by atoms with Crippen LogP contribution >= 0.6 is 0 Å². The van der Waals surface area contributed by atoms with Crippen molar-refractivity contribution in [2.75, 3.05) is 13.2 Å². The van der Waals surface area contributed by atoms with Crippen molar-refractivity contribution < 1.29 is 24.2 Å². The maximum atomic E-state index is 12.1. The molecule has 1 N–H and O–H groups in total. The first-order valence-corrected chi connectivity index (χ1v) is 16.9. The molecule has 0 aromatic carbocycles. The van der Waals surface area contributed by atoms with Gasteiger partial charge in [-0.05, 0) is 44.9 Å². The maximum absolute atomic E-state index is 12.1. The Hall–Kier alpha value is -1.62. The number of hydrogen-bond acceptors (Lipinski definition) is 5. The van der Waals surface area contributed by atoms with Gasteiger partial charge in [0, 0.05) is 12.8 Å². The minimum absolute atomic E-state index is 0.0660. The number of esters is 2. The van der Waals surface area contributed by atoms with E-state index in [0.717, 1.165) is 51.4 Å². The van der Waals surface area contributed by atoms with E-state index in [1.54, 1.807) is 0 Å². The summed E-state index contributed by atoms with van der Waals surface area (Å²) in [6.45, 7) is 4.07. The third kappa shape index (κ3) is 29.4. The molecule has 0 aliphatic heterocycles. The summed E-state index contributed by atoms with van der Waals surface area (Å²) in [6.07, 6.45) is 35.2. The summed E-state index contributed by atoms with van der Waals surface area (Å²) in [7, 11) is 0. The quantitative estimate of drug-likeness (QED) is 0.0534. The molecule has 0 spiro atoms. The van der Waals surface area contributed by atoms with Crippen molar-refractivity contribution in [3.05, 3.63) is 24.3 Å². The van der Waals surface area contributed by atoms with Crippen molar-refractivity contribution in [2.24, 2.45) is 0 Å². The predicted molar refractivity (Wildman–Crippen MR) is 168 cm³/mol. The average Bonchev–Trinajstić information content (AvgIpc) is 2.96. The number of carbonyl (C=O) groups excluding carboxylic acids is 2. The molecule has 0 bridgehead atoms. The van der Waals surface area contributed by atoms with Gasteiger partial charge < -0.3 is 14.6 Å². The van der Waals surface area contributed by atoms with E-state index in [9.17, 15) is 14.7 Å². The molecule has 0 aromatic heterocycles. The van der Waals surface area contributed by atoms with Gasteiger partial charge in [0.25, 0.3) is 0 Å². The van der Waals surface area contributed by atoms with E-state index in [-0.39, 0.29) is 25.2 Å². The average molecular weight is 565 g/mol. The minimum Gasteiger partial charge on any atom is -0.462 e. The molecule has 0 aromatic rings. The normalized spacial score (nSPS) is 12.4. The van der Waals surface area contributed by atoms with Gasteiger partial charge in [0.1, 0.15) is 6.61 Å². The van der Waals surface area contributed by atoms with Crippen molar-refractivity contribution in [3.63, 3.8) is 0 Å². The second-order valence-electron chi connectivity index (χ2n) is 11.2. The molecule has 0 radical (unpaired) electrons.